The molecule has 10 nitrogen and oxygen atoms in total. The summed E-state index contributed by atoms with van der Waals surface area (Å²) < 4.78 is 6.70. The normalized spacial score (nSPS) is 26.2. The minimum Gasteiger partial charge on any atom is -0.481 e. The highest BCUT2D eigenvalue weighted by Gasteiger charge is 2.54. The lowest BCUT2D eigenvalue weighted by Gasteiger charge is -2.33. The summed E-state index contributed by atoms with van der Waals surface area (Å²) in [6.07, 6.45) is 2.92. The van der Waals surface area contributed by atoms with Gasteiger partial charge in [0.15, 0.2) is 0 Å². The average molecular weight is 338 g/mol. The van der Waals surface area contributed by atoms with Crippen LogP contribution in [-0.2, 0) is 20.9 Å². The van der Waals surface area contributed by atoms with Gasteiger partial charge in [0.1, 0.15) is 12.4 Å². The van der Waals surface area contributed by atoms with E-state index in [-0.39, 0.29) is 37.0 Å². The van der Waals surface area contributed by atoms with Gasteiger partial charge in [-0.2, -0.15) is 5.10 Å². The van der Waals surface area contributed by atoms with Crippen LogP contribution in [0, 0.1) is 21.4 Å². The van der Waals surface area contributed by atoms with Crippen LogP contribution < -0.4 is 0 Å². The molecule has 2 aliphatic heterocycles. The Morgan fingerprint density at radius 3 is 2.96 bits per heavy atom. The van der Waals surface area contributed by atoms with Crippen molar-refractivity contribution in [1.82, 2.24) is 14.7 Å². The maximum atomic E-state index is 12.4. The largest absolute Gasteiger partial charge is 0.481 e. The third kappa shape index (κ3) is 2.84. The first-order valence-electron chi connectivity index (χ1n) is 7.68. The number of likely N-dealkylation sites (tertiary alicyclic amines) is 1. The van der Waals surface area contributed by atoms with E-state index in [4.69, 9.17) is 4.74 Å². The number of aromatic nitrogens is 2. The van der Waals surface area contributed by atoms with E-state index in [1.807, 2.05) is 0 Å². The van der Waals surface area contributed by atoms with Crippen molar-refractivity contribution in [3.8, 4) is 0 Å². The summed E-state index contributed by atoms with van der Waals surface area (Å²) >= 11 is 0. The zero-order chi connectivity index (χ0) is 17.3. The van der Waals surface area contributed by atoms with Crippen LogP contribution >= 0.6 is 0 Å². The lowest BCUT2D eigenvalue weighted by Crippen LogP contribution is -2.45. The Labute approximate surface area is 137 Å². The molecule has 2 aliphatic rings. The van der Waals surface area contributed by atoms with Crippen molar-refractivity contribution >= 4 is 17.6 Å². The van der Waals surface area contributed by atoms with Gasteiger partial charge in [0.2, 0.25) is 5.91 Å². The molecule has 0 spiro atoms. The molecule has 2 saturated heterocycles. The van der Waals surface area contributed by atoms with Crippen molar-refractivity contribution in [3.05, 3.63) is 22.5 Å². The summed E-state index contributed by atoms with van der Waals surface area (Å²) in [7, 11) is 0. The maximum Gasteiger partial charge on any atom is 0.311 e. The Morgan fingerprint density at radius 1 is 1.54 bits per heavy atom. The summed E-state index contributed by atoms with van der Waals surface area (Å²) in [5.41, 5.74) is -1.05. The number of nitro groups is 1. The van der Waals surface area contributed by atoms with Crippen LogP contribution in [0.25, 0.3) is 0 Å². The zero-order valence-electron chi connectivity index (χ0n) is 13.0. The quantitative estimate of drug-likeness (QED) is 0.597. The predicted octanol–water partition coefficient (Wildman–Crippen LogP) is 0.131. The van der Waals surface area contributed by atoms with Crippen molar-refractivity contribution < 1.29 is 24.4 Å². The SMILES string of the molecule is O=C(CCn1cc([N+](=O)[O-])cn1)N1C[C@H]2COCC[C@@]2(C(=O)O)C1. The van der Waals surface area contributed by atoms with E-state index in [1.165, 1.54) is 10.9 Å². The van der Waals surface area contributed by atoms with E-state index in [2.05, 4.69) is 5.10 Å². The first kappa shape index (κ1) is 16.4. The Morgan fingerprint density at radius 2 is 2.33 bits per heavy atom. The van der Waals surface area contributed by atoms with Crippen molar-refractivity contribution in [1.29, 1.82) is 0 Å². The van der Waals surface area contributed by atoms with Crippen molar-refractivity contribution in [2.75, 3.05) is 26.3 Å². The number of carbonyl (C=O) groups is 2. The van der Waals surface area contributed by atoms with Gasteiger partial charge in [0.05, 0.1) is 16.9 Å². The lowest BCUT2D eigenvalue weighted by molar-refractivity contribution is -0.385. The number of amides is 1. The summed E-state index contributed by atoms with van der Waals surface area (Å²) in [5.74, 6) is -1.25. The summed E-state index contributed by atoms with van der Waals surface area (Å²) in [4.78, 5) is 35.7. The number of fused-ring (bicyclic) bond motifs is 1. The second-order valence-corrected chi connectivity index (χ2v) is 6.23. The molecule has 0 aliphatic carbocycles. The van der Waals surface area contributed by atoms with Gasteiger partial charge in [0.25, 0.3) is 0 Å². The molecule has 0 unspecified atom stereocenters. The van der Waals surface area contributed by atoms with E-state index >= 15 is 0 Å². The van der Waals surface area contributed by atoms with Gasteiger partial charge in [-0.05, 0) is 6.42 Å². The molecule has 1 aromatic heterocycles. The fourth-order valence-electron chi connectivity index (χ4n) is 3.43. The van der Waals surface area contributed by atoms with E-state index in [9.17, 15) is 24.8 Å². The second kappa shape index (κ2) is 6.19. The molecule has 2 fully saturated rings. The van der Waals surface area contributed by atoms with E-state index < -0.39 is 16.3 Å². The summed E-state index contributed by atoms with van der Waals surface area (Å²) in [6.45, 7) is 1.51. The van der Waals surface area contributed by atoms with Gasteiger partial charge in [0, 0.05) is 38.6 Å². The van der Waals surface area contributed by atoms with E-state index in [1.54, 1.807) is 4.90 Å². The molecular formula is C14H18N4O6. The monoisotopic (exact) mass is 338 g/mol. The van der Waals surface area contributed by atoms with E-state index in [0.29, 0.717) is 26.2 Å². The van der Waals surface area contributed by atoms with Crippen LogP contribution in [0.2, 0.25) is 0 Å². The number of rotatable bonds is 5. The molecule has 0 saturated carbocycles. The summed E-state index contributed by atoms with van der Waals surface area (Å²) in [5, 5.41) is 24.0. The van der Waals surface area contributed by atoms with Crippen molar-refractivity contribution in [2.45, 2.75) is 19.4 Å². The standard InChI is InChI=1S/C14H18N4O6/c19-12(1-3-17-7-11(5-15-17)18(22)23)16-6-10-8-24-4-2-14(10,9-16)13(20)21/h5,7,10H,1-4,6,8-9H2,(H,20,21)/t10-,14+/m0/s1. The van der Waals surface area contributed by atoms with Gasteiger partial charge in [-0.25, -0.2) is 0 Å². The fourth-order valence-corrected chi connectivity index (χ4v) is 3.43. The third-order valence-electron chi connectivity index (χ3n) is 4.87. The Kier molecular flexibility index (Phi) is 4.22. The van der Waals surface area contributed by atoms with Gasteiger partial charge in [-0.15, -0.1) is 0 Å². The summed E-state index contributed by atoms with van der Waals surface area (Å²) in [6, 6.07) is 0. The molecule has 2 atom stereocenters. The Balaban J connectivity index is 1.61. The first-order chi connectivity index (χ1) is 11.4. The van der Waals surface area contributed by atoms with Crippen LogP contribution in [0.5, 0.6) is 0 Å². The van der Waals surface area contributed by atoms with Crippen molar-refractivity contribution in [3.63, 3.8) is 0 Å². The average Bonchev–Trinajstić information content (AvgIpc) is 3.17. The van der Waals surface area contributed by atoms with Crippen LogP contribution in [-0.4, -0.2) is 62.9 Å². The van der Waals surface area contributed by atoms with Crippen LogP contribution in [0.15, 0.2) is 12.4 Å². The minimum absolute atomic E-state index is 0.113. The number of hydrogen-bond donors (Lipinski definition) is 1. The molecular weight excluding hydrogens is 320 g/mol. The number of hydrogen-bond acceptors (Lipinski definition) is 6. The maximum absolute atomic E-state index is 12.4. The highest BCUT2D eigenvalue weighted by atomic mass is 16.6. The second-order valence-electron chi connectivity index (χ2n) is 6.23. The molecule has 0 radical (unpaired) electrons. The number of ether oxygens (including phenoxy) is 1. The predicted molar refractivity (Wildman–Crippen MR) is 79.1 cm³/mol. The number of aryl methyl sites for hydroxylation is 1. The highest BCUT2D eigenvalue weighted by Crippen LogP contribution is 2.42. The van der Waals surface area contributed by atoms with Crippen LogP contribution in [0.1, 0.15) is 12.8 Å². The van der Waals surface area contributed by atoms with E-state index in [0.717, 1.165) is 6.20 Å². The lowest BCUT2D eigenvalue weighted by atomic mass is 9.74. The Bertz CT molecular complexity index is 674. The van der Waals surface area contributed by atoms with Gasteiger partial charge in [-0.1, -0.05) is 0 Å². The molecule has 1 aromatic rings. The minimum atomic E-state index is -0.918. The van der Waals surface area contributed by atoms with Gasteiger partial charge >= 0.3 is 11.7 Å². The number of carboxylic acid groups (broad SMARTS) is 1. The molecule has 130 valence electrons. The molecule has 1 N–H and O–H groups in total. The zero-order valence-corrected chi connectivity index (χ0v) is 13.0. The smallest absolute Gasteiger partial charge is 0.311 e. The molecule has 0 bridgehead atoms. The molecule has 3 heterocycles. The van der Waals surface area contributed by atoms with Gasteiger partial charge < -0.3 is 14.7 Å². The number of carboxylic acids is 1. The number of carbonyl (C=O) groups excluding carboxylic acids is 1. The molecule has 1 amide bonds. The molecule has 24 heavy (non-hydrogen) atoms. The molecule has 0 aromatic carbocycles. The number of nitrogens with zero attached hydrogens (tertiary/aromatic N) is 4. The van der Waals surface area contributed by atoms with Crippen LogP contribution in [0.4, 0.5) is 5.69 Å². The third-order valence-corrected chi connectivity index (χ3v) is 4.87. The Hall–Kier alpha value is -2.49. The van der Waals surface area contributed by atoms with Gasteiger partial charge in [-0.3, -0.25) is 24.4 Å². The molecule has 3 rings (SSSR count). The molecule has 10 heteroatoms. The van der Waals surface area contributed by atoms with Crippen LogP contribution in [0.3, 0.4) is 0 Å². The number of aliphatic carboxylic acids is 1. The first-order valence-corrected chi connectivity index (χ1v) is 7.68. The van der Waals surface area contributed by atoms with Crippen molar-refractivity contribution in [2.24, 2.45) is 11.3 Å². The highest BCUT2D eigenvalue weighted by molar-refractivity contribution is 5.81. The fraction of sp³-hybridized carbons (Fsp3) is 0.643. The topological polar surface area (TPSA) is 128 Å².